The monoisotopic (exact) mass is 305 g/mol. The zero-order valence-corrected chi connectivity index (χ0v) is 14.8. The van der Waals surface area contributed by atoms with Gasteiger partial charge in [-0.15, -0.1) is 0 Å². The maximum Gasteiger partial charge on any atom is 0.0807 e. The van der Waals surface area contributed by atoms with E-state index >= 15 is 0 Å². The minimum Gasteiger partial charge on any atom is -0.377 e. The zero-order valence-electron chi connectivity index (χ0n) is 14.8. The maximum atomic E-state index is 9.67. The fourth-order valence-corrected chi connectivity index (χ4v) is 4.49. The predicted octanol–water partition coefficient (Wildman–Crippen LogP) is 5.86. The lowest BCUT2D eigenvalue weighted by molar-refractivity contribution is -0.0298. The molecule has 0 heterocycles. The Labute approximate surface area is 137 Å². The van der Waals surface area contributed by atoms with Crippen molar-refractivity contribution in [2.75, 3.05) is 6.61 Å². The lowest BCUT2D eigenvalue weighted by Crippen LogP contribution is -2.33. The number of rotatable bonds is 7. The number of nitriles is 1. The molecule has 0 saturated heterocycles. The molecule has 0 aromatic rings. The van der Waals surface area contributed by atoms with E-state index in [0.29, 0.717) is 12.7 Å². The maximum absolute atomic E-state index is 9.67. The molecule has 0 amide bonds. The van der Waals surface area contributed by atoms with Crippen LogP contribution >= 0.6 is 0 Å². The van der Waals surface area contributed by atoms with Crippen molar-refractivity contribution >= 4 is 0 Å². The number of hydrogen-bond acceptors (Lipinski definition) is 2. The van der Waals surface area contributed by atoms with Crippen LogP contribution in [0.15, 0.2) is 0 Å². The van der Waals surface area contributed by atoms with Crippen molar-refractivity contribution in [1.29, 1.82) is 5.26 Å². The van der Waals surface area contributed by atoms with E-state index in [2.05, 4.69) is 19.9 Å². The van der Waals surface area contributed by atoms with Gasteiger partial charge in [-0.2, -0.15) is 5.26 Å². The second kappa shape index (κ2) is 8.92. The highest BCUT2D eigenvalue weighted by atomic mass is 16.5. The molecule has 0 atom stereocenters. The summed E-state index contributed by atoms with van der Waals surface area (Å²) >= 11 is 0. The molecule has 2 rings (SSSR count). The molecule has 0 unspecified atom stereocenters. The van der Waals surface area contributed by atoms with Crippen molar-refractivity contribution in [3.05, 3.63) is 0 Å². The molecule has 22 heavy (non-hydrogen) atoms. The van der Waals surface area contributed by atoms with Crippen molar-refractivity contribution in [2.45, 2.75) is 97.0 Å². The Bertz CT molecular complexity index is 343. The van der Waals surface area contributed by atoms with Crippen molar-refractivity contribution in [3.8, 4) is 6.07 Å². The second-order valence-corrected chi connectivity index (χ2v) is 7.87. The van der Waals surface area contributed by atoms with Crippen LogP contribution in [0.2, 0.25) is 0 Å². The molecule has 2 heteroatoms. The standard InChI is InChI=1S/C20H35NO/c1-3-5-17-7-9-19(10-8-17)22-16-20(15-21)13-11-18(6-4-2)12-14-20/h17-19H,3-14,16H2,1-2H3/t17-,18-,19-,20+. The quantitative estimate of drug-likeness (QED) is 0.590. The van der Waals surface area contributed by atoms with Crippen molar-refractivity contribution < 1.29 is 4.74 Å². The molecule has 0 aliphatic heterocycles. The van der Waals surface area contributed by atoms with Crippen LogP contribution in [0.5, 0.6) is 0 Å². The van der Waals surface area contributed by atoms with E-state index in [1.165, 1.54) is 64.2 Å². The van der Waals surface area contributed by atoms with E-state index in [9.17, 15) is 5.26 Å². The summed E-state index contributed by atoms with van der Waals surface area (Å²) < 4.78 is 6.22. The highest BCUT2D eigenvalue weighted by Crippen LogP contribution is 2.41. The van der Waals surface area contributed by atoms with Crippen LogP contribution in [0.1, 0.15) is 90.9 Å². The molecular formula is C20H35NO. The molecule has 0 spiro atoms. The van der Waals surface area contributed by atoms with Crippen LogP contribution in [0.25, 0.3) is 0 Å². The first-order valence-electron chi connectivity index (χ1n) is 9.74. The van der Waals surface area contributed by atoms with E-state index in [1.54, 1.807) is 0 Å². The lowest BCUT2D eigenvalue weighted by Gasteiger charge is -2.37. The summed E-state index contributed by atoms with van der Waals surface area (Å²) in [7, 11) is 0. The van der Waals surface area contributed by atoms with Gasteiger partial charge in [-0.3, -0.25) is 0 Å². The highest BCUT2D eigenvalue weighted by molar-refractivity contribution is 5.02. The summed E-state index contributed by atoms with van der Waals surface area (Å²) in [6.07, 6.45) is 15.4. The minimum atomic E-state index is -0.176. The third-order valence-corrected chi connectivity index (χ3v) is 6.08. The van der Waals surface area contributed by atoms with E-state index < -0.39 is 0 Å². The van der Waals surface area contributed by atoms with Crippen LogP contribution in [0, 0.1) is 28.6 Å². The van der Waals surface area contributed by atoms with Crippen LogP contribution < -0.4 is 0 Å². The minimum absolute atomic E-state index is 0.176. The average Bonchev–Trinajstić information content (AvgIpc) is 2.56. The normalized spacial score (nSPS) is 36.0. The summed E-state index contributed by atoms with van der Waals surface area (Å²) in [6, 6.07) is 2.62. The average molecular weight is 306 g/mol. The molecule has 2 aliphatic rings. The molecule has 126 valence electrons. The summed E-state index contributed by atoms with van der Waals surface area (Å²) in [4.78, 5) is 0. The Morgan fingerprint density at radius 2 is 1.45 bits per heavy atom. The molecule has 0 radical (unpaired) electrons. The summed E-state index contributed by atoms with van der Waals surface area (Å²) in [6.45, 7) is 5.24. The second-order valence-electron chi connectivity index (χ2n) is 7.87. The molecule has 2 nitrogen and oxygen atoms in total. The Morgan fingerprint density at radius 1 is 0.909 bits per heavy atom. The van der Waals surface area contributed by atoms with Crippen molar-refractivity contribution in [3.63, 3.8) is 0 Å². The van der Waals surface area contributed by atoms with E-state index in [-0.39, 0.29) is 5.41 Å². The Balaban J connectivity index is 1.72. The van der Waals surface area contributed by atoms with E-state index in [4.69, 9.17) is 4.74 Å². The smallest absolute Gasteiger partial charge is 0.0807 e. The first-order chi connectivity index (χ1) is 10.7. The van der Waals surface area contributed by atoms with E-state index in [1.807, 2.05) is 0 Å². The SMILES string of the molecule is CCC[C@H]1CC[C@H](OC[C@]2(C#N)CC[C@H](CCC)CC2)CC1. The van der Waals surface area contributed by atoms with Gasteiger partial charge in [0.15, 0.2) is 0 Å². The van der Waals surface area contributed by atoms with Crippen molar-refractivity contribution in [1.82, 2.24) is 0 Å². The van der Waals surface area contributed by atoms with Gasteiger partial charge < -0.3 is 4.74 Å². The van der Waals surface area contributed by atoms with Gasteiger partial charge in [0.2, 0.25) is 0 Å². The molecule has 0 N–H and O–H groups in total. The Kier molecular flexibility index (Phi) is 7.22. The van der Waals surface area contributed by atoms with Gasteiger partial charge in [0.25, 0.3) is 0 Å². The van der Waals surface area contributed by atoms with Gasteiger partial charge in [0, 0.05) is 0 Å². The zero-order chi connectivity index (χ0) is 15.8. The largest absolute Gasteiger partial charge is 0.377 e. The molecule has 0 aromatic heterocycles. The van der Waals surface area contributed by atoms with Gasteiger partial charge >= 0.3 is 0 Å². The van der Waals surface area contributed by atoms with Crippen LogP contribution in [0.4, 0.5) is 0 Å². The lowest BCUT2D eigenvalue weighted by atomic mass is 9.71. The van der Waals surface area contributed by atoms with Crippen LogP contribution in [0.3, 0.4) is 0 Å². The molecule has 0 bridgehead atoms. The first kappa shape index (κ1) is 17.8. The third-order valence-electron chi connectivity index (χ3n) is 6.08. The van der Waals surface area contributed by atoms with Crippen LogP contribution in [-0.2, 0) is 4.74 Å². The predicted molar refractivity (Wildman–Crippen MR) is 91.5 cm³/mol. The van der Waals surface area contributed by atoms with Gasteiger partial charge in [-0.05, 0) is 63.2 Å². The van der Waals surface area contributed by atoms with Crippen molar-refractivity contribution in [2.24, 2.45) is 17.3 Å². The van der Waals surface area contributed by atoms with Gasteiger partial charge in [-0.1, -0.05) is 39.5 Å². The summed E-state index contributed by atoms with van der Waals surface area (Å²) in [5, 5.41) is 9.67. The highest BCUT2D eigenvalue weighted by Gasteiger charge is 2.36. The molecule has 2 aliphatic carbocycles. The Hall–Kier alpha value is -0.550. The third kappa shape index (κ3) is 4.98. The van der Waals surface area contributed by atoms with E-state index in [0.717, 1.165) is 24.7 Å². The number of nitrogens with zero attached hydrogens (tertiary/aromatic N) is 1. The van der Waals surface area contributed by atoms with Gasteiger partial charge in [0.05, 0.1) is 24.2 Å². The molecule has 2 saturated carbocycles. The molecular weight excluding hydrogens is 270 g/mol. The number of hydrogen-bond donors (Lipinski definition) is 0. The molecule has 2 fully saturated rings. The fourth-order valence-electron chi connectivity index (χ4n) is 4.49. The fraction of sp³-hybridized carbons (Fsp3) is 0.950. The van der Waals surface area contributed by atoms with Crippen LogP contribution in [-0.4, -0.2) is 12.7 Å². The Morgan fingerprint density at radius 3 is 1.95 bits per heavy atom. The first-order valence-corrected chi connectivity index (χ1v) is 9.74. The topological polar surface area (TPSA) is 33.0 Å². The van der Waals surface area contributed by atoms with Gasteiger partial charge in [-0.25, -0.2) is 0 Å². The molecule has 0 aromatic carbocycles. The summed E-state index contributed by atoms with van der Waals surface area (Å²) in [5.41, 5.74) is -0.176. The van der Waals surface area contributed by atoms with Gasteiger partial charge in [0.1, 0.15) is 0 Å². The summed E-state index contributed by atoms with van der Waals surface area (Å²) in [5.74, 6) is 1.79. The number of ether oxygens (including phenoxy) is 1.